The van der Waals surface area contributed by atoms with Gasteiger partial charge in [0.15, 0.2) is 10.9 Å². The number of rotatable bonds is 5. The largest absolute Gasteiger partial charge is 0.354 e. The van der Waals surface area contributed by atoms with E-state index in [2.05, 4.69) is 42.4 Å². The highest BCUT2D eigenvalue weighted by Gasteiger charge is 2.21. The van der Waals surface area contributed by atoms with Crippen molar-refractivity contribution in [1.29, 1.82) is 0 Å². The Morgan fingerprint density at radius 1 is 1.11 bits per heavy atom. The molecule has 0 unspecified atom stereocenters. The Morgan fingerprint density at radius 2 is 1.94 bits per heavy atom. The van der Waals surface area contributed by atoms with Crippen LogP contribution in [0.1, 0.15) is 6.92 Å². The molecule has 1 aliphatic heterocycles. The quantitative estimate of drug-likeness (QED) is 0.429. The molecule has 2 amide bonds. The topological polar surface area (TPSA) is 86.3 Å². The lowest BCUT2D eigenvalue weighted by atomic mass is 10.0. The van der Waals surface area contributed by atoms with Crippen LogP contribution in [0.25, 0.3) is 32.6 Å². The van der Waals surface area contributed by atoms with E-state index >= 15 is 4.39 Å². The molecule has 0 bridgehead atoms. The van der Waals surface area contributed by atoms with Crippen LogP contribution in [-0.4, -0.2) is 65.7 Å². The molecule has 0 radical (unpaired) electrons. The molecule has 0 saturated carbocycles. The highest BCUT2D eigenvalue weighted by atomic mass is 32.1. The maximum absolute atomic E-state index is 15.8. The molecule has 180 valence electrons. The number of pyridine rings is 2. The minimum Gasteiger partial charge on any atom is -0.354 e. The third kappa shape index (κ3) is 4.80. The molecule has 1 aliphatic rings. The van der Waals surface area contributed by atoms with Gasteiger partial charge in [-0.2, -0.15) is 0 Å². The Bertz CT molecular complexity index is 1340. The summed E-state index contributed by atoms with van der Waals surface area (Å²) in [6.45, 7) is 6.09. The highest BCUT2D eigenvalue weighted by Crippen LogP contribution is 2.40. The number of benzene rings is 1. The van der Waals surface area contributed by atoms with Crippen LogP contribution in [0.4, 0.5) is 20.1 Å². The monoisotopic (exact) mass is 491 g/mol. The number of aromatic nitrogens is 3. The lowest BCUT2D eigenvalue weighted by molar-refractivity contribution is 0.252. The summed E-state index contributed by atoms with van der Waals surface area (Å²) in [5.74, 6) is 0.435. The molecular formula is C25H26FN7OS. The third-order valence-corrected chi connectivity index (χ3v) is 6.99. The molecule has 4 aromatic rings. The van der Waals surface area contributed by atoms with E-state index in [-0.39, 0.29) is 11.5 Å². The molecule has 1 fully saturated rings. The fourth-order valence-electron chi connectivity index (χ4n) is 4.10. The van der Waals surface area contributed by atoms with Crippen LogP contribution in [0.5, 0.6) is 0 Å². The average Bonchev–Trinajstić information content (AvgIpc) is 3.30. The highest BCUT2D eigenvalue weighted by molar-refractivity contribution is 7.22. The zero-order valence-electron chi connectivity index (χ0n) is 19.6. The number of carbonyl (C=O) groups excluding carboxylic acids is 1. The first kappa shape index (κ1) is 23.1. The lowest BCUT2D eigenvalue weighted by Crippen LogP contribution is -2.44. The standard InChI is InChI=1S/C25H26FN7OS/c1-3-27-24(34)31-25-30-22-21(26)17(14-18(23(22)35-25)19-6-4-5-9-28-19)16-7-8-20(29-15-16)33-12-10-32(2)11-13-33/h4-9,14-15H,3,10-13H2,1-2H3,(H2,27,30,31,34). The van der Waals surface area contributed by atoms with Crippen molar-refractivity contribution < 1.29 is 9.18 Å². The molecular weight excluding hydrogens is 465 g/mol. The summed E-state index contributed by atoms with van der Waals surface area (Å²) in [4.78, 5) is 30.1. The Labute approximate surface area is 206 Å². The van der Waals surface area contributed by atoms with E-state index in [9.17, 15) is 4.79 Å². The molecule has 3 aromatic heterocycles. The first-order chi connectivity index (χ1) is 17.0. The van der Waals surface area contributed by atoms with Crippen molar-refractivity contribution in [2.45, 2.75) is 6.92 Å². The number of amides is 2. The molecule has 8 nitrogen and oxygen atoms in total. The number of thiazole rings is 1. The molecule has 1 saturated heterocycles. The maximum Gasteiger partial charge on any atom is 0.321 e. The number of halogens is 1. The fraction of sp³-hybridized carbons (Fsp3) is 0.280. The predicted molar refractivity (Wildman–Crippen MR) is 138 cm³/mol. The summed E-state index contributed by atoms with van der Waals surface area (Å²) >= 11 is 1.22. The number of fused-ring (bicyclic) bond motifs is 1. The molecule has 1 aromatic carbocycles. The van der Waals surface area contributed by atoms with Crippen molar-refractivity contribution in [3.8, 4) is 22.4 Å². The summed E-state index contributed by atoms with van der Waals surface area (Å²) < 4.78 is 16.4. The number of hydrogen-bond donors (Lipinski definition) is 2. The average molecular weight is 492 g/mol. The van der Waals surface area contributed by atoms with Gasteiger partial charge < -0.3 is 15.1 Å². The van der Waals surface area contributed by atoms with Gasteiger partial charge in [-0.15, -0.1) is 0 Å². The Balaban J connectivity index is 1.56. The molecule has 0 atom stereocenters. The van der Waals surface area contributed by atoms with E-state index < -0.39 is 5.82 Å². The van der Waals surface area contributed by atoms with Crippen LogP contribution in [0.15, 0.2) is 48.8 Å². The van der Waals surface area contributed by atoms with Gasteiger partial charge in [-0.1, -0.05) is 17.4 Å². The number of nitrogens with zero attached hydrogens (tertiary/aromatic N) is 5. The van der Waals surface area contributed by atoms with Crippen LogP contribution in [0, 0.1) is 5.82 Å². The lowest BCUT2D eigenvalue weighted by Gasteiger charge is -2.33. The van der Waals surface area contributed by atoms with Crippen molar-refractivity contribution in [3.63, 3.8) is 0 Å². The third-order valence-electron chi connectivity index (χ3n) is 5.99. The number of anilines is 2. The summed E-state index contributed by atoms with van der Waals surface area (Å²) in [5.41, 5.74) is 2.70. The first-order valence-electron chi connectivity index (χ1n) is 11.5. The van der Waals surface area contributed by atoms with E-state index in [0.717, 1.165) is 37.6 Å². The Hall–Kier alpha value is -3.63. The number of carbonyl (C=O) groups is 1. The molecule has 10 heteroatoms. The SMILES string of the molecule is CCNC(=O)Nc1nc2c(F)c(-c3ccc(N4CCN(C)CC4)nc3)cc(-c3ccccn3)c2s1. The van der Waals surface area contributed by atoms with Gasteiger partial charge in [0.1, 0.15) is 11.3 Å². The van der Waals surface area contributed by atoms with Gasteiger partial charge in [0.25, 0.3) is 0 Å². The van der Waals surface area contributed by atoms with Gasteiger partial charge in [-0.25, -0.2) is 19.2 Å². The van der Waals surface area contributed by atoms with Gasteiger partial charge in [-0.05, 0) is 44.3 Å². The normalized spacial score (nSPS) is 14.3. The fourth-order valence-corrected chi connectivity index (χ4v) is 5.08. The summed E-state index contributed by atoms with van der Waals surface area (Å²) in [5, 5.41) is 5.68. The van der Waals surface area contributed by atoms with Crippen molar-refractivity contribution in [2.24, 2.45) is 0 Å². The second-order valence-corrected chi connectivity index (χ2v) is 9.38. The first-order valence-corrected chi connectivity index (χ1v) is 12.3. The van der Waals surface area contributed by atoms with E-state index in [4.69, 9.17) is 0 Å². The zero-order valence-corrected chi connectivity index (χ0v) is 20.4. The van der Waals surface area contributed by atoms with Gasteiger partial charge in [-0.3, -0.25) is 10.3 Å². The minimum absolute atomic E-state index is 0.197. The van der Waals surface area contributed by atoms with Crippen LogP contribution < -0.4 is 15.5 Å². The molecule has 2 N–H and O–H groups in total. The summed E-state index contributed by atoms with van der Waals surface area (Å²) in [7, 11) is 2.11. The van der Waals surface area contributed by atoms with Crippen LogP contribution in [0.3, 0.4) is 0 Å². The molecule has 35 heavy (non-hydrogen) atoms. The minimum atomic E-state index is -0.450. The van der Waals surface area contributed by atoms with E-state index in [1.165, 1.54) is 11.3 Å². The number of nitrogens with one attached hydrogen (secondary N) is 2. The molecule has 0 aliphatic carbocycles. The van der Waals surface area contributed by atoms with Crippen LogP contribution in [0.2, 0.25) is 0 Å². The molecule has 4 heterocycles. The maximum atomic E-state index is 15.8. The molecule has 0 spiro atoms. The van der Waals surface area contributed by atoms with E-state index in [0.29, 0.717) is 33.2 Å². The van der Waals surface area contributed by atoms with Gasteiger partial charge in [0.2, 0.25) is 0 Å². The van der Waals surface area contributed by atoms with E-state index in [1.807, 2.05) is 37.3 Å². The van der Waals surface area contributed by atoms with E-state index in [1.54, 1.807) is 18.5 Å². The van der Waals surface area contributed by atoms with Crippen LogP contribution >= 0.6 is 11.3 Å². The van der Waals surface area contributed by atoms with Gasteiger partial charge in [0.05, 0.1) is 10.4 Å². The van der Waals surface area contributed by atoms with Crippen molar-refractivity contribution in [1.82, 2.24) is 25.2 Å². The summed E-state index contributed by atoms with van der Waals surface area (Å²) in [6, 6.07) is 10.8. The second kappa shape index (κ2) is 9.93. The number of piperazine rings is 1. The number of likely N-dealkylation sites (N-methyl/N-ethyl adjacent to an activating group) is 1. The van der Waals surface area contributed by atoms with Gasteiger partial charge >= 0.3 is 6.03 Å². The Kier molecular flexibility index (Phi) is 6.56. The number of hydrogen-bond acceptors (Lipinski definition) is 7. The van der Waals surface area contributed by atoms with Crippen molar-refractivity contribution in [2.75, 3.05) is 50.0 Å². The predicted octanol–water partition coefficient (Wildman–Crippen LogP) is 4.45. The number of urea groups is 1. The van der Waals surface area contributed by atoms with Crippen LogP contribution in [-0.2, 0) is 0 Å². The second-order valence-electron chi connectivity index (χ2n) is 8.38. The summed E-state index contributed by atoms with van der Waals surface area (Å²) in [6.07, 6.45) is 3.41. The Morgan fingerprint density at radius 3 is 2.63 bits per heavy atom. The smallest absolute Gasteiger partial charge is 0.321 e. The van der Waals surface area contributed by atoms with Crippen molar-refractivity contribution >= 4 is 38.5 Å². The molecule has 5 rings (SSSR count). The van der Waals surface area contributed by atoms with Crippen molar-refractivity contribution in [3.05, 3.63) is 54.6 Å². The van der Waals surface area contributed by atoms with Gasteiger partial charge in [0, 0.05) is 61.8 Å². The zero-order chi connectivity index (χ0) is 24.4.